The highest BCUT2D eigenvalue weighted by molar-refractivity contribution is 7.89. The minimum absolute atomic E-state index is 0.129. The Bertz CT molecular complexity index is 595. The predicted molar refractivity (Wildman–Crippen MR) is 64.8 cm³/mol. The van der Waals surface area contributed by atoms with Crippen LogP contribution in [-0.4, -0.2) is 18.4 Å². The lowest BCUT2D eigenvalue weighted by molar-refractivity contribution is 0.578. The van der Waals surface area contributed by atoms with Gasteiger partial charge in [0.2, 0.25) is 0 Å². The number of nitrogen functional groups attached to an aromatic ring is 1. The predicted octanol–water partition coefficient (Wildman–Crippen LogP) is 0.599. The molecule has 0 aromatic carbocycles. The lowest BCUT2D eigenvalue weighted by Crippen LogP contribution is -2.24. The molecule has 0 saturated heterocycles. The Balaban J connectivity index is 2.17. The highest BCUT2D eigenvalue weighted by Crippen LogP contribution is 2.14. The molecule has 2 aromatic heterocycles. The van der Waals surface area contributed by atoms with E-state index in [1.165, 1.54) is 23.6 Å². The highest BCUT2D eigenvalue weighted by Gasteiger charge is 2.18. The van der Waals surface area contributed by atoms with Crippen LogP contribution >= 0.6 is 11.3 Å². The summed E-state index contributed by atoms with van der Waals surface area (Å²) in [5, 5.41) is -0.149. The first-order valence-corrected chi connectivity index (χ1v) is 7.03. The van der Waals surface area contributed by atoms with Crippen LogP contribution in [-0.2, 0) is 16.6 Å². The molecule has 0 radical (unpaired) electrons. The van der Waals surface area contributed by atoms with Crippen molar-refractivity contribution in [1.82, 2.24) is 14.7 Å². The van der Waals surface area contributed by atoms with Crippen LogP contribution in [0.3, 0.4) is 0 Å². The maximum atomic E-state index is 11.9. The fourth-order valence-corrected chi connectivity index (χ4v) is 2.88. The van der Waals surface area contributed by atoms with E-state index in [9.17, 15) is 8.42 Å². The summed E-state index contributed by atoms with van der Waals surface area (Å²) in [6, 6.07) is 3.08. The van der Waals surface area contributed by atoms with Gasteiger partial charge in [-0.1, -0.05) is 0 Å². The molecule has 2 heterocycles. The van der Waals surface area contributed by atoms with E-state index in [1.807, 2.05) is 0 Å². The molecule has 17 heavy (non-hydrogen) atoms. The summed E-state index contributed by atoms with van der Waals surface area (Å²) in [5.74, 6) is 0. The smallest absolute Gasteiger partial charge is 0.260 e. The number of thiazole rings is 1. The molecule has 0 spiro atoms. The third-order valence-electron chi connectivity index (χ3n) is 1.98. The van der Waals surface area contributed by atoms with E-state index in [1.54, 1.807) is 17.8 Å². The Labute approximate surface area is 103 Å². The number of rotatable bonds is 4. The normalized spacial score (nSPS) is 11.5. The zero-order valence-electron chi connectivity index (χ0n) is 8.70. The quantitative estimate of drug-likeness (QED) is 0.847. The van der Waals surface area contributed by atoms with Gasteiger partial charge in [0.25, 0.3) is 10.0 Å². The molecular formula is C9H10N4O2S2. The standard InChI is InChI=1S/C9H10N4O2S2/c10-8-2-1-3-12-9(8)17(14,15)13-5-7-4-11-6-16-7/h1-4,6,13H,5,10H2. The van der Waals surface area contributed by atoms with Gasteiger partial charge in [-0.2, -0.15) is 0 Å². The molecule has 0 aliphatic heterocycles. The second kappa shape index (κ2) is 4.78. The van der Waals surface area contributed by atoms with E-state index in [4.69, 9.17) is 5.73 Å². The van der Waals surface area contributed by atoms with Crippen LogP contribution in [0, 0.1) is 0 Å². The lowest BCUT2D eigenvalue weighted by Gasteiger charge is -2.06. The van der Waals surface area contributed by atoms with Gasteiger partial charge in [0.1, 0.15) is 0 Å². The summed E-state index contributed by atoms with van der Waals surface area (Å²) in [4.78, 5) is 8.44. The minimum atomic E-state index is -3.67. The zero-order valence-corrected chi connectivity index (χ0v) is 10.3. The van der Waals surface area contributed by atoms with Gasteiger partial charge in [-0.25, -0.2) is 18.1 Å². The van der Waals surface area contributed by atoms with Crippen molar-refractivity contribution < 1.29 is 8.42 Å². The Morgan fingerprint density at radius 3 is 2.94 bits per heavy atom. The molecule has 90 valence electrons. The SMILES string of the molecule is Nc1cccnc1S(=O)(=O)NCc1cncs1. The molecule has 8 heteroatoms. The van der Waals surface area contributed by atoms with Crippen LogP contribution in [0.4, 0.5) is 5.69 Å². The van der Waals surface area contributed by atoms with Crippen molar-refractivity contribution in [3.8, 4) is 0 Å². The first-order valence-electron chi connectivity index (χ1n) is 4.67. The number of sulfonamides is 1. The van der Waals surface area contributed by atoms with Gasteiger partial charge in [-0.15, -0.1) is 11.3 Å². The van der Waals surface area contributed by atoms with Gasteiger partial charge in [-0.3, -0.25) is 4.98 Å². The lowest BCUT2D eigenvalue weighted by atomic mass is 10.4. The average Bonchev–Trinajstić information content (AvgIpc) is 2.80. The summed E-state index contributed by atoms with van der Waals surface area (Å²) in [7, 11) is -3.67. The maximum absolute atomic E-state index is 11.9. The third-order valence-corrected chi connectivity index (χ3v) is 4.13. The van der Waals surface area contributed by atoms with Crippen LogP contribution in [0.2, 0.25) is 0 Å². The molecule has 3 N–H and O–H groups in total. The summed E-state index contributed by atoms with van der Waals surface area (Å²) in [5.41, 5.74) is 7.33. The first kappa shape index (κ1) is 12.0. The third kappa shape index (κ3) is 2.78. The minimum Gasteiger partial charge on any atom is -0.396 e. The van der Waals surface area contributed by atoms with Crippen LogP contribution in [0.15, 0.2) is 35.1 Å². The van der Waals surface area contributed by atoms with Crippen molar-refractivity contribution in [1.29, 1.82) is 0 Å². The number of pyridine rings is 1. The largest absolute Gasteiger partial charge is 0.396 e. The number of nitrogens with one attached hydrogen (secondary N) is 1. The number of nitrogens with two attached hydrogens (primary N) is 1. The molecular weight excluding hydrogens is 260 g/mol. The van der Waals surface area contributed by atoms with Gasteiger partial charge in [0, 0.05) is 23.8 Å². The van der Waals surface area contributed by atoms with Crippen molar-refractivity contribution in [2.45, 2.75) is 11.6 Å². The van der Waals surface area contributed by atoms with Crippen LogP contribution < -0.4 is 10.5 Å². The second-order valence-electron chi connectivity index (χ2n) is 3.19. The highest BCUT2D eigenvalue weighted by atomic mass is 32.2. The summed E-state index contributed by atoms with van der Waals surface area (Å²) in [6.45, 7) is 0.184. The number of hydrogen-bond acceptors (Lipinski definition) is 6. The van der Waals surface area contributed by atoms with Gasteiger partial charge >= 0.3 is 0 Å². The molecule has 0 bridgehead atoms. The van der Waals surface area contributed by atoms with Crippen molar-refractivity contribution in [3.63, 3.8) is 0 Å². The molecule has 0 atom stereocenters. The Morgan fingerprint density at radius 2 is 2.29 bits per heavy atom. The Kier molecular flexibility index (Phi) is 3.36. The van der Waals surface area contributed by atoms with E-state index < -0.39 is 10.0 Å². The van der Waals surface area contributed by atoms with Gasteiger partial charge < -0.3 is 5.73 Å². The average molecular weight is 270 g/mol. The van der Waals surface area contributed by atoms with Crippen molar-refractivity contribution >= 4 is 27.0 Å². The van der Waals surface area contributed by atoms with E-state index in [2.05, 4.69) is 14.7 Å². The summed E-state index contributed by atoms with van der Waals surface area (Å²) in [6.07, 6.45) is 2.99. The second-order valence-corrected chi connectivity index (χ2v) is 5.84. The van der Waals surface area contributed by atoms with Gasteiger partial charge in [0.15, 0.2) is 5.03 Å². The topological polar surface area (TPSA) is 98.0 Å². The van der Waals surface area contributed by atoms with Crippen LogP contribution in [0.25, 0.3) is 0 Å². The van der Waals surface area contributed by atoms with Crippen molar-refractivity contribution in [3.05, 3.63) is 34.9 Å². The van der Waals surface area contributed by atoms with Crippen molar-refractivity contribution in [2.75, 3.05) is 5.73 Å². The number of hydrogen-bond donors (Lipinski definition) is 2. The molecule has 0 unspecified atom stereocenters. The first-order chi connectivity index (χ1) is 8.09. The van der Waals surface area contributed by atoms with Crippen molar-refractivity contribution in [2.24, 2.45) is 0 Å². The maximum Gasteiger partial charge on any atom is 0.260 e. The molecule has 0 aliphatic carbocycles. The van der Waals surface area contributed by atoms with Gasteiger partial charge in [0.05, 0.1) is 11.2 Å². The number of aromatic nitrogens is 2. The fourth-order valence-electron chi connectivity index (χ4n) is 1.19. The molecule has 0 fully saturated rings. The molecule has 2 rings (SSSR count). The zero-order chi connectivity index (χ0) is 12.3. The van der Waals surface area contributed by atoms with Crippen LogP contribution in [0.1, 0.15) is 4.88 Å². The summed E-state index contributed by atoms with van der Waals surface area (Å²) >= 11 is 1.37. The van der Waals surface area contributed by atoms with E-state index in [-0.39, 0.29) is 17.3 Å². The number of anilines is 1. The number of nitrogens with zero attached hydrogens (tertiary/aromatic N) is 2. The fraction of sp³-hybridized carbons (Fsp3) is 0.111. The molecule has 0 saturated carbocycles. The monoisotopic (exact) mass is 270 g/mol. The van der Waals surface area contributed by atoms with Crippen LogP contribution in [0.5, 0.6) is 0 Å². The van der Waals surface area contributed by atoms with Gasteiger partial charge in [-0.05, 0) is 12.1 Å². The molecule has 6 nitrogen and oxygen atoms in total. The van der Waals surface area contributed by atoms with E-state index >= 15 is 0 Å². The molecule has 0 amide bonds. The van der Waals surface area contributed by atoms with E-state index in [0.29, 0.717) is 0 Å². The summed E-state index contributed by atoms with van der Waals surface area (Å²) < 4.78 is 26.2. The van der Waals surface area contributed by atoms with E-state index in [0.717, 1.165) is 4.88 Å². The molecule has 0 aliphatic rings. The Hall–Kier alpha value is -1.51. The Morgan fingerprint density at radius 1 is 1.47 bits per heavy atom. The molecule has 2 aromatic rings.